The summed E-state index contributed by atoms with van der Waals surface area (Å²) in [6.07, 6.45) is 3.33. The monoisotopic (exact) mass is 264 g/mol. The number of benzene rings is 1. The van der Waals surface area contributed by atoms with Crippen molar-refractivity contribution < 1.29 is 0 Å². The second-order valence-corrected chi connectivity index (χ2v) is 4.63. The number of nitrogens with two attached hydrogens (primary N) is 1. The van der Waals surface area contributed by atoms with Gasteiger partial charge < -0.3 is 5.73 Å². The van der Waals surface area contributed by atoms with Gasteiger partial charge in [-0.05, 0) is 36.0 Å². The van der Waals surface area contributed by atoms with E-state index in [0.717, 1.165) is 4.90 Å². The molecule has 0 saturated heterocycles. The standard InChI is InChI=1S/C11H9ClN4S/c12-7-2-3-9(8(6-7)10(13)14)17-11-15-4-1-5-16-11/h1-6H,(H3,13,14). The molecule has 3 N–H and O–H groups in total. The van der Waals surface area contributed by atoms with Crippen LogP contribution in [0.3, 0.4) is 0 Å². The first-order chi connectivity index (χ1) is 8.16. The number of nitrogen functional groups attached to an aromatic ring is 1. The first kappa shape index (κ1) is 11.9. The van der Waals surface area contributed by atoms with E-state index >= 15 is 0 Å². The fraction of sp³-hybridized carbons (Fsp3) is 0. The maximum atomic E-state index is 7.50. The molecule has 0 aliphatic heterocycles. The number of nitrogens with one attached hydrogen (secondary N) is 1. The van der Waals surface area contributed by atoms with Crippen molar-refractivity contribution >= 4 is 29.2 Å². The molecule has 0 saturated carbocycles. The molecule has 2 rings (SSSR count). The van der Waals surface area contributed by atoms with Crippen LogP contribution in [-0.4, -0.2) is 15.8 Å². The van der Waals surface area contributed by atoms with Crippen molar-refractivity contribution in [3.05, 3.63) is 47.2 Å². The predicted molar refractivity (Wildman–Crippen MR) is 68.6 cm³/mol. The summed E-state index contributed by atoms with van der Waals surface area (Å²) in [6, 6.07) is 6.96. The third-order valence-corrected chi connectivity index (χ3v) is 3.18. The van der Waals surface area contributed by atoms with Crippen LogP contribution in [0.15, 0.2) is 46.7 Å². The number of rotatable bonds is 3. The molecule has 6 heteroatoms. The van der Waals surface area contributed by atoms with E-state index in [1.54, 1.807) is 36.7 Å². The molecule has 17 heavy (non-hydrogen) atoms. The average Bonchev–Trinajstić information content (AvgIpc) is 2.32. The van der Waals surface area contributed by atoms with Crippen molar-refractivity contribution in [3.8, 4) is 0 Å². The van der Waals surface area contributed by atoms with Crippen molar-refractivity contribution in [1.82, 2.24) is 9.97 Å². The highest BCUT2D eigenvalue weighted by Gasteiger charge is 2.09. The number of nitrogens with zero attached hydrogens (tertiary/aromatic N) is 2. The molecular formula is C11H9ClN4S. The molecule has 0 aliphatic carbocycles. The Kier molecular flexibility index (Phi) is 3.61. The molecule has 4 nitrogen and oxygen atoms in total. The molecule has 0 unspecified atom stereocenters. The van der Waals surface area contributed by atoms with Gasteiger partial charge in [0, 0.05) is 27.9 Å². The summed E-state index contributed by atoms with van der Waals surface area (Å²) < 4.78 is 0. The Labute approximate surface area is 108 Å². The molecule has 1 aromatic carbocycles. The summed E-state index contributed by atoms with van der Waals surface area (Å²) >= 11 is 7.22. The van der Waals surface area contributed by atoms with Crippen LogP contribution in [0.2, 0.25) is 5.02 Å². The molecule has 1 heterocycles. The fourth-order valence-corrected chi connectivity index (χ4v) is 2.25. The third kappa shape index (κ3) is 2.95. The van der Waals surface area contributed by atoms with E-state index in [1.807, 2.05) is 0 Å². The van der Waals surface area contributed by atoms with Gasteiger partial charge in [0.05, 0.1) is 0 Å². The van der Waals surface area contributed by atoms with Gasteiger partial charge in [0.1, 0.15) is 5.84 Å². The highest BCUT2D eigenvalue weighted by molar-refractivity contribution is 7.99. The molecule has 1 aromatic heterocycles. The zero-order valence-corrected chi connectivity index (χ0v) is 10.3. The molecule has 0 atom stereocenters. The van der Waals surface area contributed by atoms with Crippen molar-refractivity contribution in [1.29, 1.82) is 5.41 Å². The van der Waals surface area contributed by atoms with E-state index in [0.29, 0.717) is 15.7 Å². The number of aromatic nitrogens is 2. The minimum Gasteiger partial charge on any atom is -0.384 e. The van der Waals surface area contributed by atoms with Crippen LogP contribution in [0.5, 0.6) is 0 Å². The normalized spacial score (nSPS) is 10.2. The fourth-order valence-electron chi connectivity index (χ4n) is 1.24. The van der Waals surface area contributed by atoms with Gasteiger partial charge in [0.25, 0.3) is 0 Å². The Hall–Kier alpha value is -1.59. The van der Waals surface area contributed by atoms with Gasteiger partial charge in [-0.3, -0.25) is 5.41 Å². The maximum Gasteiger partial charge on any atom is 0.192 e. The third-order valence-electron chi connectivity index (χ3n) is 1.98. The lowest BCUT2D eigenvalue weighted by molar-refractivity contribution is 0.966. The summed E-state index contributed by atoms with van der Waals surface area (Å²) in [5.74, 6) is -0.0223. The van der Waals surface area contributed by atoms with E-state index in [1.165, 1.54) is 11.8 Å². The lowest BCUT2D eigenvalue weighted by Gasteiger charge is -2.06. The molecule has 0 amide bonds. The molecule has 0 radical (unpaired) electrons. The molecule has 0 bridgehead atoms. The van der Waals surface area contributed by atoms with Gasteiger partial charge >= 0.3 is 0 Å². The summed E-state index contributed by atoms with van der Waals surface area (Å²) in [7, 11) is 0. The van der Waals surface area contributed by atoms with Crippen LogP contribution in [0.4, 0.5) is 0 Å². The molecule has 0 fully saturated rings. The smallest absolute Gasteiger partial charge is 0.192 e. The Morgan fingerprint density at radius 3 is 2.65 bits per heavy atom. The summed E-state index contributed by atoms with van der Waals surface area (Å²) in [4.78, 5) is 9.02. The summed E-state index contributed by atoms with van der Waals surface area (Å²) in [5.41, 5.74) is 6.10. The lowest BCUT2D eigenvalue weighted by atomic mass is 10.2. The van der Waals surface area contributed by atoms with E-state index in [-0.39, 0.29) is 5.84 Å². The summed E-state index contributed by atoms with van der Waals surface area (Å²) in [6.45, 7) is 0. The van der Waals surface area contributed by atoms with Crippen LogP contribution >= 0.6 is 23.4 Å². The van der Waals surface area contributed by atoms with Gasteiger partial charge in [0.2, 0.25) is 0 Å². The zero-order chi connectivity index (χ0) is 12.3. The number of amidine groups is 1. The second-order valence-electron chi connectivity index (χ2n) is 3.19. The first-order valence-electron chi connectivity index (χ1n) is 4.75. The highest BCUT2D eigenvalue weighted by Crippen LogP contribution is 2.29. The van der Waals surface area contributed by atoms with Crippen molar-refractivity contribution in [2.24, 2.45) is 5.73 Å². The maximum absolute atomic E-state index is 7.50. The van der Waals surface area contributed by atoms with Crippen LogP contribution in [-0.2, 0) is 0 Å². The van der Waals surface area contributed by atoms with Gasteiger partial charge in [-0.2, -0.15) is 0 Å². The van der Waals surface area contributed by atoms with Gasteiger partial charge in [-0.15, -0.1) is 0 Å². The van der Waals surface area contributed by atoms with Gasteiger partial charge in [-0.25, -0.2) is 9.97 Å². The Balaban J connectivity index is 2.36. The van der Waals surface area contributed by atoms with E-state index in [9.17, 15) is 0 Å². The first-order valence-corrected chi connectivity index (χ1v) is 5.95. The molecular weight excluding hydrogens is 256 g/mol. The summed E-state index contributed by atoms with van der Waals surface area (Å²) in [5, 5.41) is 8.66. The van der Waals surface area contributed by atoms with E-state index in [4.69, 9.17) is 22.7 Å². The number of hydrogen-bond donors (Lipinski definition) is 2. The van der Waals surface area contributed by atoms with E-state index in [2.05, 4.69) is 9.97 Å². The topological polar surface area (TPSA) is 75.7 Å². The molecule has 2 aromatic rings. The van der Waals surface area contributed by atoms with Crippen LogP contribution in [0, 0.1) is 5.41 Å². The SMILES string of the molecule is N=C(N)c1cc(Cl)ccc1Sc1ncccn1. The molecule has 86 valence electrons. The van der Waals surface area contributed by atoms with Gasteiger partial charge in [-0.1, -0.05) is 11.6 Å². The Morgan fingerprint density at radius 2 is 2.00 bits per heavy atom. The zero-order valence-electron chi connectivity index (χ0n) is 8.72. The highest BCUT2D eigenvalue weighted by atomic mass is 35.5. The van der Waals surface area contributed by atoms with E-state index < -0.39 is 0 Å². The van der Waals surface area contributed by atoms with Crippen molar-refractivity contribution in [2.45, 2.75) is 10.1 Å². The van der Waals surface area contributed by atoms with Crippen LogP contribution in [0.25, 0.3) is 0 Å². The van der Waals surface area contributed by atoms with Gasteiger partial charge in [0.15, 0.2) is 5.16 Å². The average molecular weight is 265 g/mol. The molecule has 0 spiro atoms. The van der Waals surface area contributed by atoms with Crippen LogP contribution in [0.1, 0.15) is 5.56 Å². The second kappa shape index (κ2) is 5.16. The minimum absolute atomic E-state index is 0.0223. The minimum atomic E-state index is -0.0223. The lowest BCUT2D eigenvalue weighted by Crippen LogP contribution is -2.12. The predicted octanol–water partition coefficient (Wildman–Crippen LogP) is 2.57. The van der Waals surface area contributed by atoms with Crippen LogP contribution < -0.4 is 5.73 Å². The largest absolute Gasteiger partial charge is 0.384 e. The quantitative estimate of drug-likeness (QED) is 0.508. The Bertz CT molecular complexity index is 544. The number of hydrogen-bond acceptors (Lipinski definition) is 4. The van der Waals surface area contributed by atoms with Crippen molar-refractivity contribution in [3.63, 3.8) is 0 Å². The van der Waals surface area contributed by atoms with Crippen molar-refractivity contribution in [2.75, 3.05) is 0 Å². The number of halogens is 1. The Morgan fingerprint density at radius 1 is 1.29 bits per heavy atom. The molecule has 0 aliphatic rings.